The molecule has 18 heavy (non-hydrogen) atoms. The average molecular weight is 251 g/mol. The fraction of sp³-hybridized carbons (Fsp3) is 0.500. The normalized spacial score (nSPS) is 15.8. The molecule has 0 spiro atoms. The molecule has 1 aromatic heterocycles. The molecule has 0 aromatic carbocycles. The summed E-state index contributed by atoms with van der Waals surface area (Å²) in [6.45, 7) is 2.73. The summed E-state index contributed by atoms with van der Waals surface area (Å²) in [6.07, 6.45) is 2.39. The zero-order valence-corrected chi connectivity index (χ0v) is 10.2. The van der Waals surface area contributed by atoms with Crippen LogP contribution in [0.4, 0.5) is 5.82 Å². The summed E-state index contributed by atoms with van der Waals surface area (Å²) in [4.78, 5) is 17.1. The van der Waals surface area contributed by atoms with E-state index >= 15 is 0 Å². The molecule has 6 heteroatoms. The van der Waals surface area contributed by atoms with Gasteiger partial charge in [-0.1, -0.05) is 0 Å². The van der Waals surface area contributed by atoms with Crippen molar-refractivity contribution in [1.82, 2.24) is 9.88 Å². The third-order valence-electron chi connectivity index (χ3n) is 2.68. The summed E-state index contributed by atoms with van der Waals surface area (Å²) in [7, 11) is 0. The van der Waals surface area contributed by atoms with Crippen LogP contribution in [0.25, 0.3) is 0 Å². The Bertz CT molecular complexity index is 411. The molecule has 98 valence electrons. The number of morpholine rings is 1. The van der Waals surface area contributed by atoms with Gasteiger partial charge in [0.05, 0.1) is 13.2 Å². The highest BCUT2D eigenvalue weighted by atomic mass is 16.5. The van der Waals surface area contributed by atoms with Gasteiger partial charge in [0, 0.05) is 25.4 Å². The van der Waals surface area contributed by atoms with Gasteiger partial charge in [0.15, 0.2) is 0 Å². The molecule has 0 bridgehead atoms. The Hall–Kier alpha value is -1.82. The highest BCUT2D eigenvalue weighted by molar-refractivity contribution is 5.77. The molecular weight excluding hydrogens is 234 g/mol. The Morgan fingerprint density at radius 1 is 1.56 bits per heavy atom. The molecule has 1 saturated heterocycles. The molecule has 2 heterocycles. The molecule has 1 amide bonds. The number of rotatable bonds is 5. The number of amides is 1. The number of hydrogen-bond acceptors (Lipinski definition) is 5. The second-order valence-corrected chi connectivity index (χ2v) is 4.05. The van der Waals surface area contributed by atoms with Gasteiger partial charge in [0.25, 0.3) is 0 Å². The van der Waals surface area contributed by atoms with E-state index in [-0.39, 0.29) is 12.5 Å². The van der Waals surface area contributed by atoms with Crippen molar-refractivity contribution in [2.75, 3.05) is 38.6 Å². The van der Waals surface area contributed by atoms with Crippen LogP contribution in [0.2, 0.25) is 0 Å². The minimum Gasteiger partial charge on any atom is -0.493 e. The van der Waals surface area contributed by atoms with Crippen LogP contribution in [0.1, 0.15) is 6.42 Å². The van der Waals surface area contributed by atoms with Crippen LogP contribution >= 0.6 is 0 Å². The first-order valence-corrected chi connectivity index (χ1v) is 5.95. The van der Waals surface area contributed by atoms with Gasteiger partial charge in [-0.25, -0.2) is 4.98 Å². The third kappa shape index (κ3) is 3.59. The van der Waals surface area contributed by atoms with E-state index in [9.17, 15) is 4.79 Å². The first kappa shape index (κ1) is 12.6. The lowest BCUT2D eigenvalue weighted by atomic mass is 10.3. The molecule has 0 unspecified atom stereocenters. The van der Waals surface area contributed by atoms with Crippen LogP contribution in [0.3, 0.4) is 0 Å². The van der Waals surface area contributed by atoms with Gasteiger partial charge in [0.2, 0.25) is 5.91 Å². The van der Waals surface area contributed by atoms with Crippen LogP contribution in [-0.2, 0) is 9.53 Å². The van der Waals surface area contributed by atoms with Crippen molar-refractivity contribution in [2.45, 2.75) is 6.42 Å². The van der Waals surface area contributed by atoms with E-state index in [1.165, 1.54) is 0 Å². The first-order valence-electron chi connectivity index (χ1n) is 5.95. The minimum atomic E-state index is 0.0504. The zero-order chi connectivity index (χ0) is 12.8. The number of hydrogen-bond donors (Lipinski definition) is 1. The van der Waals surface area contributed by atoms with E-state index in [4.69, 9.17) is 15.2 Å². The smallest absolute Gasteiger partial charge is 0.248 e. The molecule has 1 fully saturated rings. The van der Waals surface area contributed by atoms with E-state index in [2.05, 4.69) is 4.98 Å². The molecule has 2 rings (SSSR count). The molecule has 1 aliphatic rings. The van der Waals surface area contributed by atoms with Gasteiger partial charge in [-0.15, -0.1) is 0 Å². The van der Waals surface area contributed by atoms with Crippen molar-refractivity contribution in [2.24, 2.45) is 0 Å². The number of ether oxygens (including phenoxy) is 2. The number of nitrogens with zero attached hydrogens (tertiary/aromatic N) is 2. The van der Waals surface area contributed by atoms with Crippen LogP contribution in [0.5, 0.6) is 5.75 Å². The van der Waals surface area contributed by atoms with E-state index in [0.29, 0.717) is 37.9 Å². The van der Waals surface area contributed by atoms with Gasteiger partial charge >= 0.3 is 0 Å². The lowest BCUT2D eigenvalue weighted by Crippen LogP contribution is -2.42. The van der Waals surface area contributed by atoms with Crippen LogP contribution in [-0.4, -0.2) is 48.7 Å². The van der Waals surface area contributed by atoms with Gasteiger partial charge in [-0.2, -0.15) is 0 Å². The standard InChI is InChI=1S/C12H17N3O3/c13-11-8-10(2-3-14-11)18-6-1-4-15-5-7-17-9-12(15)16/h2-3,8H,1,4-7,9H2,(H2,13,14). The van der Waals surface area contributed by atoms with Crippen molar-refractivity contribution in [3.63, 3.8) is 0 Å². The molecule has 0 saturated carbocycles. The molecule has 1 aromatic rings. The van der Waals surface area contributed by atoms with E-state index < -0.39 is 0 Å². The molecular formula is C12H17N3O3. The molecule has 2 N–H and O–H groups in total. The summed E-state index contributed by atoms with van der Waals surface area (Å²) in [5, 5.41) is 0. The summed E-state index contributed by atoms with van der Waals surface area (Å²) in [5.41, 5.74) is 5.54. The predicted molar refractivity (Wildman–Crippen MR) is 66.2 cm³/mol. The number of pyridine rings is 1. The topological polar surface area (TPSA) is 77.7 Å². The van der Waals surface area contributed by atoms with E-state index in [0.717, 1.165) is 6.42 Å². The SMILES string of the molecule is Nc1cc(OCCCN2CCOCC2=O)ccn1. The van der Waals surface area contributed by atoms with E-state index in [1.807, 2.05) is 0 Å². The highest BCUT2D eigenvalue weighted by Crippen LogP contribution is 2.12. The number of aromatic nitrogens is 1. The second-order valence-electron chi connectivity index (χ2n) is 4.05. The minimum absolute atomic E-state index is 0.0504. The quantitative estimate of drug-likeness (QED) is 0.761. The van der Waals surface area contributed by atoms with Gasteiger partial charge in [0.1, 0.15) is 18.2 Å². The highest BCUT2D eigenvalue weighted by Gasteiger charge is 2.17. The number of anilines is 1. The van der Waals surface area contributed by atoms with Crippen molar-refractivity contribution in [1.29, 1.82) is 0 Å². The lowest BCUT2D eigenvalue weighted by molar-refractivity contribution is -0.142. The zero-order valence-electron chi connectivity index (χ0n) is 10.2. The van der Waals surface area contributed by atoms with Crippen molar-refractivity contribution < 1.29 is 14.3 Å². The average Bonchev–Trinajstić information content (AvgIpc) is 2.37. The predicted octanol–water partition coefficient (Wildman–Crippen LogP) is 0.291. The maximum Gasteiger partial charge on any atom is 0.248 e. The third-order valence-corrected chi connectivity index (χ3v) is 2.68. The molecule has 1 aliphatic heterocycles. The number of carbonyl (C=O) groups is 1. The molecule has 6 nitrogen and oxygen atoms in total. The van der Waals surface area contributed by atoms with Crippen molar-refractivity contribution >= 4 is 11.7 Å². The Morgan fingerprint density at radius 3 is 3.22 bits per heavy atom. The Balaban J connectivity index is 1.68. The van der Waals surface area contributed by atoms with Crippen molar-refractivity contribution in [3.05, 3.63) is 18.3 Å². The first-order chi connectivity index (χ1) is 8.75. The summed E-state index contributed by atoms with van der Waals surface area (Å²) >= 11 is 0. The van der Waals surface area contributed by atoms with Crippen LogP contribution in [0.15, 0.2) is 18.3 Å². The van der Waals surface area contributed by atoms with Gasteiger partial charge in [-0.3, -0.25) is 4.79 Å². The maximum atomic E-state index is 11.4. The largest absolute Gasteiger partial charge is 0.493 e. The second kappa shape index (κ2) is 6.20. The Kier molecular flexibility index (Phi) is 4.35. The fourth-order valence-electron chi connectivity index (χ4n) is 1.75. The number of nitrogen functional groups attached to an aromatic ring is 1. The molecule has 0 aliphatic carbocycles. The summed E-state index contributed by atoms with van der Waals surface area (Å²) < 4.78 is 10.6. The number of nitrogens with two attached hydrogens (primary N) is 1. The summed E-state index contributed by atoms with van der Waals surface area (Å²) in [6, 6.07) is 3.44. The number of carbonyl (C=O) groups excluding carboxylic acids is 1. The van der Waals surface area contributed by atoms with Crippen LogP contribution < -0.4 is 10.5 Å². The maximum absolute atomic E-state index is 11.4. The fourth-order valence-corrected chi connectivity index (χ4v) is 1.75. The Labute approximate surface area is 106 Å². The summed E-state index contributed by atoms with van der Waals surface area (Å²) in [5.74, 6) is 1.20. The van der Waals surface area contributed by atoms with Crippen LogP contribution in [0, 0.1) is 0 Å². The Morgan fingerprint density at radius 2 is 2.44 bits per heavy atom. The van der Waals surface area contributed by atoms with Gasteiger partial charge in [-0.05, 0) is 12.5 Å². The van der Waals surface area contributed by atoms with Gasteiger partial charge < -0.3 is 20.1 Å². The molecule has 0 atom stereocenters. The molecule has 0 radical (unpaired) electrons. The van der Waals surface area contributed by atoms with E-state index in [1.54, 1.807) is 23.2 Å². The monoisotopic (exact) mass is 251 g/mol. The van der Waals surface area contributed by atoms with Crippen molar-refractivity contribution in [3.8, 4) is 5.75 Å². The lowest BCUT2D eigenvalue weighted by Gasteiger charge is -2.26.